The number of benzene rings is 6. The maximum absolute atomic E-state index is 13.9. The largest absolute Gasteiger partial charge is 0.355 e. The van der Waals surface area contributed by atoms with Crippen molar-refractivity contribution in [1.29, 1.82) is 0 Å². The summed E-state index contributed by atoms with van der Waals surface area (Å²) in [5, 5.41) is 6.24. The first-order valence-electron chi connectivity index (χ1n) is 16.6. The van der Waals surface area contributed by atoms with E-state index in [9.17, 15) is 14.4 Å². The van der Waals surface area contributed by atoms with Crippen LogP contribution in [0.3, 0.4) is 0 Å². The molecule has 6 heteroatoms. The third-order valence-electron chi connectivity index (χ3n) is 8.37. The van der Waals surface area contributed by atoms with E-state index in [1.54, 1.807) is 42.5 Å². The molecule has 6 nitrogen and oxygen atoms in total. The molecular weight excluding hydrogens is 655 g/mol. The van der Waals surface area contributed by atoms with Crippen LogP contribution >= 0.6 is 0 Å². The molecule has 0 aromatic heterocycles. The maximum atomic E-state index is 13.9. The van der Waals surface area contributed by atoms with Crippen molar-refractivity contribution < 1.29 is 14.4 Å². The molecule has 1 heterocycles. The van der Waals surface area contributed by atoms with Crippen molar-refractivity contribution in [2.75, 3.05) is 15.5 Å². The van der Waals surface area contributed by atoms with E-state index in [4.69, 9.17) is 6.42 Å². The normalized spacial score (nSPS) is 11.3. The molecule has 2 N–H and O–H groups in total. The third kappa shape index (κ3) is 7.67. The smallest absolute Gasteiger partial charge is 0.266 e. The standard InChI is InChI=1S/C47H29N3O3/c1-3-33-24-25-43-44(28-33)47(53)50(46(43)52)42-30-38(32(2)48-40-18-10-16-36(26-40)22-20-34-12-6-4-7-13-34)29-39(31-42)45(51)49-41-19-11-17-37(27-41)23-21-35-14-8-5-9-15-35/h1,4-19,24-31,48H,2H2,(H,49,51). The van der Waals surface area contributed by atoms with Gasteiger partial charge in [-0.25, -0.2) is 4.90 Å². The van der Waals surface area contributed by atoms with Gasteiger partial charge in [0.2, 0.25) is 0 Å². The van der Waals surface area contributed by atoms with Gasteiger partial charge in [-0.3, -0.25) is 14.4 Å². The number of carbonyl (C=O) groups is 3. The SMILES string of the molecule is C#Cc1ccc2c(c1)C(=O)N(c1cc(C(=C)Nc3cccc(C#Cc4ccccc4)c3)cc(C(=O)Nc3cccc(C#Cc4ccccc4)c3)c1)C2=O. The van der Waals surface area contributed by atoms with E-state index in [1.165, 1.54) is 12.1 Å². The second kappa shape index (κ2) is 15.0. The number of carbonyl (C=O) groups excluding carboxylic acids is 3. The van der Waals surface area contributed by atoms with Crippen molar-refractivity contribution >= 4 is 40.5 Å². The van der Waals surface area contributed by atoms with Crippen LogP contribution in [0.1, 0.15) is 64.5 Å². The van der Waals surface area contributed by atoms with Crippen LogP contribution in [0, 0.1) is 36.0 Å². The Hall–Kier alpha value is -7.85. The Bertz CT molecular complexity index is 2480. The fourth-order valence-electron chi connectivity index (χ4n) is 5.74. The Morgan fingerprint density at radius 3 is 1.66 bits per heavy atom. The summed E-state index contributed by atoms with van der Waals surface area (Å²) < 4.78 is 0. The van der Waals surface area contributed by atoms with Crippen molar-refractivity contribution in [3.05, 3.63) is 202 Å². The lowest BCUT2D eigenvalue weighted by molar-refractivity contribution is 0.0924. The van der Waals surface area contributed by atoms with E-state index in [-0.39, 0.29) is 22.4 Å². The first-order valence-corrected chi connectivity index (χ1v) is 16.6. The van der Waals surface area contributed by atoms with E-state index in [0.717, 1.165) is 21.6 Å². The molecular formula is C47H29N3O3. The van der Waals surface area contributed by atoms with Gasteiger partial charge in [0, 0.05) is 56.0 Å². The summed E-state index contributed by atoms with van der Waals surface area (Å²) in [5.41, 5.74) is 6.71. The van der Waals surface area contributed by atoms with E-state index >= 15 is 0 Å². The number of hydrogen-bond donors (Lipinski definition) is 2. The number of amides is 3. The summed E-state index contributed by atoms with van der Waals surface area (Å²) in [5.74, 6) is 13.6. The van der Waals surface area contributed by atoms with E-state index in [2.05, 4.69) is 46.8 Å². The Kier molecular flexibility index (Phi) is 9.49. The zero-order valence-corrected chi connectivity index (χ0v) is 28.3. The molecule has 0 aliphatic carbocycles. The van der Waals surface area contributed by atoms with E-state index < -0.39 is 17.7 Å². The molecule has 3 amide bonds. The summed E-state index contributed by atoms with van der Waals surface area (Å²) in [6.45, 7) is 4.25. The highest BCUT2D eigenvalue weighted by Gasteiger charge is 2.37. The number of fused-ring (bicyclic) bond motifs is 1. The van der Waals surface area contributed by atoms with Gasteiger partial charge in [0.05, 0.1) is 16.8 Å². The summed E-state index contributed by atoms with van der Waals surface area (Å²) in [6, 6.07) is 43.5. The second-order valence-corrected chi connectivity index (χ2v) is 12.1. The minimum atomic E-state index is -0.543. The molecule has 250 valence electrons. The fourth-order valence-corrected chi connectivity index (χ4v) is 5.74. The number of imide groups is 1. The number of hydrogen-bond acceptors (Lipinski definition) is 4. The minimum Gasteiger partial charge on any atom is -0.355 e. The summed E-state index contributed by atoms with van der Waals surface area (Å²) in [7, 11) is 0. The Labute approximate surface area is 307 Å². The van der Waals surface area contributed by atoms with Gasteiger partial charge in [0.25, 0.3) is 17.7 Å². The van der Waals surface area contributed by atoms with E-state index in [1.807, 2.05) is 91.0 Å². The Morgan fingerprint density at radius 2 is 1.06 bits per heavy atom. The molecule has 0 spiro atoms. The van der Waals surface area contributed by atoms with Crippen LogP contribution in [-0.4, -0.2) is 17.7 Å². The molecule has 0 atom stereocenters. The molecule has 1 aliphatic rings. The Balaban J connectivity index is 1.20. The van der Waals surface area contributed by atoms with Crippen molar-refractivity contribution in [2.24, 2.45) is 0 Å². The highest BCUT2D eigenvalue weighted by atomic mass is 16.2. The van der Waals surface area contributed by atoms with Crippen LogP contribution in [0.2, 0.25) is 0 Å². The molecule has 0 saturated heterocycles. The summed E-state index contributed by atoms with van der Waals surface area (Å²) >= 11 is 0. The average Bonchev–Trinajstić information content (AvgIpc) is 3.45. The number of nitrogens with zero attached hydrogens (tertiary/aromatic N) is 1. The molecule has 0 fully saturated rings. The molecule has 0 unspecified atom stereocenters. The average molecular weight is 684 g/mol. The van der Waals surface area contributed by atoms with Gasteiger partial charge in [0.1, 0.15) is 0 Å². The van der Waals surface area contributed by atoms with Crippen LogP contribution < -0.4 is 15.5 Å². The lowest BCUT2D eigenvalue weighted by atomic mass is 10.0. The zero-order chi connectivity index (χ0) is 36.7. The number of rotatable bonds is 6. The van der Waals surface area contributed by atoms with Crippen LogP contribution in [0.15, 0.2) is 152 Å². The van der Waals surface area contributed by atoms with Crippen molar-refractivity contribution in [2.45, 2.75) is 0 Å². The Morgan fingerprint density at radius 1 is 0.528 bits per heavy atom. The topological polar surface area (TPSA) is 78.5 Å². The lowest BCUT2D eigenvalue weighted by Gasteiger charge is -2.19. The van der Waals surface area contributed by atoms with Crippen LogP contribution in [-0.2, 0) is 0 Å². The van der Waals surface area contributed by atoms with Gasteiger partial charge in [-0.05, 0) is 97.1 Å². The molecule has 0 saturated carbocycles. The maximum Gasteiger partial charge on any atom is 0.266 e. The molecule has 6 aromatic rings. The number of terminal acetylenes is 1. The molecule has 6 aromatic carbocycles. The molecule has 7 rings (SSSR count). The van der Waals surface area contributed by atoms with Gasteiger partial charge < -0.3 is 10.6 Å². The second-order valence-electron chi connectivity index (χ2n) is 12.1. The monoisotopic (exact) mass is 683 g/mol. The van der Waals surface area contributed by atoms with Gasteiger partial charge in [-0.2, -0.15) is 0 Å². The quantitative estimate of drug-likeness (QED) is 0.136. The third-order valence-corrected chi connectivity index (χ3v) is 8.37. The minimum absolute atomic E-state index is 0.195. The first kappa shape index (κ1) is 33.6. The summed E-state index contributed by atoms with van der Waals surface area (Å²) in [4.78, 5) is 42.3. The number of nitrogens with one attached hydrogen (secondary N) is 2. The van der Waals surface area contributed by atoms with Crippen molar-refractivity contribution in [1.82, 2.24) is 0 Å². The van der Waals surface area contributed by atoms with Gasteiger partial charge in [-0.15, -0.1) is 6.42 Å². The van der Waals surface area contributed by atoms with Crippen LogP contribution in [0.4, 0.5) is 17.1 Å². The molecule has 53 heavy (non-hydrogen) atoms. The highest BCUT2D eigenvalue weighted by Crippen LogP contribution is 2.32. The highest BCUT2D eigenvalue weighted by molar-refractivity contribution is 6.34. The van der Waals surface area contributed by atoms with Crippen LogP contribution in [0.25, 0.3) is 5.70 Å². The number of anilines is 3. The molecule has 0 radical (unpaired) electrons. The predicted molar refractivity (Wildman–Crippen MR) is 210 cm³/mol. The summed E-state index contributed by atoms with van der Waals surface area (Å²) in [6.07, 6.45) is 5.57. The van der Waals surface area contributed by atoms with Crippen LogP contribution in [0.5, 0.6) is 0 Å². The predicted octanol–water partition coefficient (Wildman–Crippen LogP) is 8.60. The van der Waals surface area contributed by atoms with Gasteiger partial charge in [0.15, 0.2) is 0 Å². The van der Waals surface area contributed by atoms with Gasteiger partial charge >= 0.3 is 0 Å². The van der Waals surface area contributed by atoms with Gasteiger partial charge in [-0.1, -0.05) is 84.7 Å². The lowest BCUT2D eigenvalue weighted by Crippen LogP contribution is -2.30. The first-order chi connectivity index (χ1) is 25.8. The van der Waals surface area contributed by atoms with Crippen molar-refractivity contribution in [3.63, 3.8) is 0 Å². The molecule has 1 aliphatic heterocycles. The molecule has 0 bridgehead atoms. The fraction of sp³-hybridized carbons (Fsp3) is 0. The van der Waals surface area contributed by atoms with E-state index in [0.29, 0.717) is 33.8 Å². The zero-order valence-electron chi connectivity index (χ0n) is 28.3. The van der Waals surface area contributed by atoms with Crippen molar-refractivity contribution in [3.8, 4) is 36.0 Å².